The molecule has 0 unspecified atom stereocenters. The molecule has 0 fully saturated rings. The third kappa shape index (κ3) is 1.51. The molecule has 0 aliphatic rings. The van der Waals surface area contributed by atoms with E-state index in [2.05, 4.69) is 54.3 Å². The molecule has 0 saturated carbocycles. The van der Waals surface area contributed by atoms with Gasteiger partial charge in [0.1, 0.15) is 0 Å². The van der Waals surface area contributed by atoms with Crippen LogP contribution in [0, 0.1) is 13.8 Å². The van der Waals surface area contributed by atoms with Gasteiger partial charge in [-0.3, -0.25) is 0 Å². The van der Waals surface area contributed by atoms with E-state index < -0.39 is 0 Å². The van der Waals surface area contributed by atoms with Crippen molar-refractivity contribution in [2.75, 3.05) is 0 Å². The molecule has 11 heavy (non-hydrogen) atoms. The van der Waals surface area contributed by atoms with Crippen molar-refractivity contribution in [1.82, 2.24) is 4.57 Å². The Morgan fingerprint density at radius 3 is 2.09 bits per heavy atom. The average Bonchev–Trinajstić information content (AvgIpc) is 2.07. The first-order valence-corrected chi connectivity index (χ1v) is 4.67. The predicted molar refractivity (Wildman–Crippen MR) is 52.0 cm³/mol. The first kappa shape index (κ1) is 8.85. The molecule has 0 aliphatic carbocycles. The molecule has 0 amide bonds. The quantitative estimate of drug-likeness (QED) is 0.677. The lowest BCUT2D eigenvalue weighted by Crippen LogP contribution is -2.04. The van der Waals surface area contributed by atoms with Gasteiger partial charge in [0.15, 0.2) is 0 Å². The molecule has 0 N–H and O–H groups in total. The van der Waals surface area contributed by atoms with Crippen LogP contribution in [-0.4, -0.2) is 4.57 Å². The zero-order valence-corrected chi connectivity index (χ0v) is 9.07. The van der Waals surface area contributed by atoms with E-state index in [4.69, 9.17) is 0 Å². The van der Waals surface area contributed by atoms with Crippen molar-refractivity contribution in [2.45, 2.75) is 33.7 Å². The highest BCUT2D eigenvalue weighted by atomic mass is 79.9. The summed E-state index contributed by atoms with van der Waals surface area (Å²) in [5, 5.41) is 0. The van der Waals surface area contributed by atoms with Gasteiger partial charge in [0, 0.05) is 21.9 Å². The Balaban J connectivity index is 3.22. The number of rotatable bonds is 1. The van der Waals surface area contributed by atoms with Crippen molar-refractivity contribution >= 4 is 15.9 Å². The van der Waals surface area contributed by atoms with Gasteiger partial charge in [0.25, 0.3) is 0 Å². The fourth-order valence-corrected chi connectivity index (χ4v) is 2.05. The SMILES string of the molecule is Cc1cc(Br)c(C)n1C(C)C. The van der Waals surface area contributed by atoms with E-state index in [1.54, 1.807) is 0 Å². The van der Waals surface area contributed by atoms with E-state index in [0.29, 0.717) is 6.04 Å². The molecular weight excluding hydrogens is 202 g/mol. The van der Waals surface area contributed by atoms with E-state index >= 15 is 0 Å². The number of halogens is 1. The van der Waals surface area contributed by atoms with Crippen LogP contribution < -0.4 is 0 Å². The Bertz CT molecular complexity index is 261. The molecule has 0 saturated heterocycles. The minimum absolute atomic E-state index is 0.557. The summed E-state index contributed by atoms with van der Waals surface area (Å²) >= 11 is 3.51. The topological polar surface area (TPSA) is 4.93 Å². The van der Waals surface area contributed by atoms with E-state index in [0.717, 1.165) is 0 Å². The maximum Gasteiger partial charge on any atom is 0.0384 e. The summed E-state index contributed by atoms with van der Waals surface area (Å²) in [5.41, 5.74) is 2.64. The van der Waals surface area contributed by atoms with Crippen LogP contribution in [0.4, 0.5) is 0 Å². The summed E-state index contributed by atoms with van der Waals surface area (Å²) in [4.78, 5) is 0. The number of hydrogen-bond acceptors (Lipinski definition) is 0. The highest BCUT2D eigenvalue weighted by Crippen LogP contribution is 2.23. The normalized spacial score (nSPS) is 11.1. The molecule has 1 heterocycles. The molecule has 62 valence electrons. The van der Waals surface area contributed by atoms with E-state index in [-0.39, 0.29) is 0 Å². The molecule has 1 aromatic rings. The van der Waals surface area contributed by atoms with Crippen LogP contribution >= 0.6 is 15.9 Å². The Kier molecular flexibility index (Phi) is 2.43. The smallest absolute Gasteiger partial charge is 0.0384 e. The third-order valence-electron chi connectivity index (χ3n) is 1.94. The van der Waals surface area contributed by atoms with Crippen LogP contribution in [0.25, 0.3) is 0 Å². The summed E-state index contributed by atoms with van der Waals surface area (Å²) in [6.07, 6.45) is 0. The van der Waals surface area contributed by atoms with Gasteiger partial charge in [0.2, 0.25) is 0 Å². The maximum atomic E-state index is 3.51. The Morgan fingerprint density at radius 2 is 1.91 bits per heavy atom. The lowest BCUT2D eigenvalue weighted by Gasteiger charge is -2.12. The fraction of sp³-hybridized carbons (Fsp3) is 0.556. The molecule has 1 rings (SSSR count). The Hall–Kier alpha value is -0.240. The third-order valence-corrected chi connectivity index (χ3v) is 2.74. The molecule has 0 atom stereocenters. The van der Waals surface area contributed by atoms with Gasteiger partial charge in [-0.15, -0.1) is 0 Å². The molecule has 0 spiro atoms. The summed E-state index contributed by atoms with van der Waals surface area (Å²) in [7, 11) is 0. The van der Waals surface area contributed by atoms with Crippen molar-refractivity contribution in [2.24, 2.45) is 0 Å². The largest absolute Gasteiger partial charge is 0.346 e. The molecule has 0 bridgehead atoms. The molecular formula is C9H14BrN. The molecule has 1 aromatic heterocycles. The van der Waals surface area contributed by atoms with E-state index in [1.807, 2.05) is 0 Å². The van der Waals surface area contributed by atoms with Crippen LogP contribution in [0.5, 0.6) is 0 Å². The first-order valence-electron chi connectivity index (χ1n) is 3.88. The van der Waals surface area contributed by atoms with Gasteiger partial charge in [0.05, 0.1) is 0 Å². The summed E-state index contributed by atoms with van der Waals surface area (Å²) in [6, 6.07) is 2.72. The highest BCUT2D eigenvalue weighted by Gasteiger charge is 2.08. The van der Waals surface area contributed by atoms with Crippen LogP contribution in [0.2, 0.25) is 0 Å². The maximum absolute atomic E-state index is 3.51. The molecule has 1 nitrogen and oxygen atoms in total. The summed E-state index contributed by atoms with van der Waals surface area (Å²) in [5.74, 6) is 0. The average molecular weight is 216 g/mol. The van der Waals surface area contributed by atoms with Crippen molar-refractivity contribution in [3.8, 4) is 0 Å². The van der Waals surface area contributed by atoms with Crippen LogP contribution in [0.15, 0.2) is 10.5 Å². The number of aromatic nitrogens is 1. The van der Waals surface area contributed by atoms with Gasteiger partial charge < -0.3 is 4.57 Å². The summed E-state index contributed by atoms with van der Waals surface area (Å²) < 4.78 is 3.54. The second-order valence-corrected chi connectivity index (χ2v) is 4.04. The van der Waals surface area contributed by atoms with Gasteiger partial charge >= 0.3 is 0 Å². The molecule has 2 heteroatoms. The fourth-order valence-electron chi connectivity index (χ4n) is 1.53. The van der Waals surface area contributed by atoms with Crippen molar-refractivity contribution in [3.05, 3.63) is 21.9 Å². The zero-order valence-electron chi connectivity index (χ0n) is 7.48. The van der Waals surface area contributed by atoms with Crippen molar-refractivity contribution < 1.29 is 0 Å². The minimum atomic E-state index is 0.557. The zero-order chi connectivity index (χ0) is 8.59. The van der Waals surface area contributed by atoms with Gasteiger partial charge in [-0.25, -0.2) is 0 Å². The number of hydrogen-bond donors (Lipinski definition) is 0. The molecule has 0 radical (unpaired) electrons. The molecule has 0 aromatic carbocycles. The first-order chi connectivity index (χ1) is 5.04. The lowest BCUT2D eigenvalue weighted by molar-refractivity contribution is 0.574. The number of nitrogens with zero attached hydrogens (tertiary/aromatic N) is 1. The number of aryl methyl sites for hydroxylation is 1. The van der Waals surface area contributed by atoms with Crippen LogP contribution in [0.3, 0.4) is 0 Å². The van der Waals surface area contributed by atoms with Gasteiger partial charge in [-0.05, 0) is 49.7 Å². The molecule has 0 aliphatic heterocycles. The van der Waals surface area contributed by atoms with Crippen LogP contribution in [0.1, 0.15) is 31.3 Å². The van der Waals surface area contributed by atoms with E-state index in [9.17, 15) is 0 Å². The Morgan fingerprint density at radius 1 is 1.36 bits per heavy atom. The predicted octanol–water partition coefficient (Wildman–Crippen LogP) is 3.45. The lowest BCUT2D eigenvalue weighted by atomic mass is 10.3. The van der Waals surface area contributed by atoms with Gasteiger partial charge in [-0.1, -0.05) is 0 Å². The monoisotopic (exact) mass is 215 g/mol. The highest BCUT2D eigenvalue weighted by molar-refractivity contribution is 9.10. The summed E-state index contributed by atoms with van der Waals surface area (Å²) in [6.45, 7) is 8.67. The Labute approximate surface area is 76.5 Å². The van der Waals surface area contributed by atoms with E-state index in [1.165, 1.54) is 15.9 Å². The van der Waals surface area contributed by atoms with Crippen molar-refractivity contribution in [3.63, 3.8) is 0 Å². The standard InChI is InChI=1S/C9H14BrN/c1-6(2)11-7(3)5-9(10)8(11)4/h5-6H,1-4H3. The van der Waals surface area contributed by atoms with Crippen molar-refractivity contribution in [1.29, 1.82) is 0 Å². The van der Waals surface area contributed by atoms with Gasteiger partial charge in [-0.2, -0.15) is 0 Å². The second-order valence-electron chi connectivity index (χ2n) is 3.18. The second kappa shape index (κ2) is 3.02. The minimum Gasteiger partial charge on any atom is -0.346 e. The van der Waals surface area contributed by atoms with Crippen LogP contribution in [-0.2, 0) is 0 Å².